The number of hydrogen-bond donors (Lipinski definition) is 1. The Balaban J connectivity index is 2.11. The molecule has 1 N–H and O–H groups in total. The number of carbonyl (C=O) groups is 1. The molecule has 0 saturated carbocycles. The second-order valence-electron chi connectivity index (χ2n) is 3.89. The maximum Gasteiger partial charge on any atom is 0.316 e. The van der Waals surface area contributed by atoms with Crippen LogP contribution in [-0.2, 0) is 4.79 Å². The van der Waals surface area contributed by atoms with Gasteiger partial charge in [0.15, 0.2) is 11.6 Å². The van der Waals surface area contributed by atoms with Crippen LogP contribution in [0.4, 0.5) is 4.39 Å². The highest BCUT2D eigenvalue weighted by Crippen LogP contribution is 2.19. The lowest BCUT2D eigenvalue weighted by Crippen LogP contribution is -2.20. The molecule has 1 unspecified atom stereocenters. The quantitative estimate of drug-likeness (QED) is 0.898. The number of carboxylic acid groups (broad SMARTS) is 1. The predicted octanol–water partition coefficient (Wildman–Crippen LogP) is 2.47. The van der Waals surface area contributed by atoms with Crippen LogP contribution < -0.4 is 4.74 Å². The second kappa shape index (κ2) is 5.95. The smallest absolute Gasteiger partial charge is 0.316 e. The summed E-state index contributed by atoms with van der Waals surface area (Å²) in [7, 11) is 0. The molecular weight excluding hydrogens is 249 g/mol. The molecule has 1 atom stereocenters. The topological polar surface area (TPSA) is 59.4 Å². The van der Waals surface area contributed by atoms with Crippen molar-refractivity contribution in [1.82, 2.24) is 4.98 Å². The van der Waals surface area contributed by atoms with Crippen molar-refractivity contribution in [2.75, 3.05) is 6.61 Å². The average Bonchev–Trinajstić information content (AvgIpc) is 2.42. The highest BCUT2D eigenvalue weighted by atomic mass is 19.1. The molecule has 0 aliphatic heterocycles. The predicted molar refractivity (Wildman–Crippen MR) is 66.5 cm³/mol. The van der Waals surface area contributed by atoms with Gasteiger partial charge in [-0.05, 0) is 24.3 Å². The zero-order valence-electron chi connectivity index (χ0n) is 9.99. The van der Waals surface area contributed by atoms with Crippen molar-refractivity contribution in [3.8, 4) is 5.75 Å². The van der Waals surface area contributed by atoms with Crippen LogP contribution in [0.1, 0.15) is 11.6 Å². The molecule has 1 heterocycles. The van der Waals surface area contributed by atoms with Gasteiger partial charge in [0.05, 0.1) is 5.69 Å². The van der Waals surface area contributed by atoms with Crippen LogP contribution in [0.25, 0.3) is 0 Å². The maximum atomic E-state index is 13.4. The minimum Gasteiger partial charge on any atom is -0.489 e. The standard InChI is InChI=1S/C14H12FNO3/c15-11-5-1-2-7-13(11)19-9-10(14(17)18)12-6-3-4-8-16-12/h1-8,10H,9H2,(H,17,18). The van der Waals surface area contributed by atoms with Crippen molar-refractivity contribution in [2.24, 2.45) is 0 Å². The van der Waals surface area contributed by atoms with Gasteiger partial charge < -0.3 is 9.84 Å². The first-order valence-electron chi connectivity index (χ1n) is 5.69. The molecule has 0 spiro atoms. The number of ether oxygens (including phenoxy) is 1. The molecule has 0 radical (unpaired) electrons. The van der Waals surface area contributed by atoms with Crippen molar-refractivity contribution in [1.29, 1.82) is 0 Å². The molecule has 0 bridgehead atoms. The third-order valence-electron chi connectivity index (χ3n) is 2.59. The summed E-state index contributed by atoms with van der Waals surface area (Å²) in [6.07, 6.45) is 1.51. The summed E-state index contributed by atoms with van der Waals surface area (Å²) >= 11 is 0. The van der Waals surface area contributed by atoms with Gasteiger partial charge in [-0.15, -0.1) is 0 Å². The van der Waals surface area contributed by atoms with Gasteiger partial charge >= 0.3 is 5.97 Å². The number of pyridine rings is 1. The zero-order chi connectivity index (χ0) is 13.7. The highest BCUT2D eigenvalue weighted by Gasteiger charge is 2.22. The van der Waals surface area contributed by atoms with Crippen LogP contribution in [0.5, 0.6) is 5.75 Å². The number of rotatable bonds is 5. The largest absolute Gasteiger partial charge is 0.489 e. The van der Waals surface area contributed by atoms with E-state index in [1.807, 2.05) is 0 Å². The molecule has 0 amide bonds. The zero-order valence-corrected chi connectivity index (χ0v) is 9.99. The van der Waals surface area contributed by atoms with Crippen LogP contribution in [-0.4, -0.2) is 22.7 Å². The molecule has 0 saturated heterocycles. The molecular formula is C14H12FNO3. The monoisotopic (exact) mass is 261 g/mol. The molecule has 0 aliphatic rings. The lowest BCUT2D eigenvalue weighted by Gasteiger charge is -2.13. The van der Waals surface area contributed by atoms with Gasteiger partial charge in [0.2, 0.25) is 0 Å². The summed E-state index contributed by atoms with van der Waals surface area (Å²) in [6, 6.07) is 10.9. The Hall–Kier alpha value is -2.43. The Labute approximate surface area is 109 Å². The van der Waals surface area contributed by atoms with E-state index in [1.165, 1.54) is 24.4 Å². The van der Waals surface area contributed by atoms with Crippen LogP contribution in [0.2, 0.25) is 0 Å². The van der Waals surface area contributed by atoms with Crippen molar-refractivity contribution in [2.45, 2.75) is 5.92 Å². The van der Waals surface area contributed by atoms with E-state index in [0.29, 0.717) is 5.69 Å². The van der Waals surface area contributed by atoms with Crippen LogP contribution in [0, 0.1) is 5.82 Å². The third kappa shape index (κ3) is 3.28. The first-order valence-corrected chi connectivity index (χ1v) is 5.69. The van der Waals surface area contributed by atoms with E-state index < -0.39 is 17.7 Å². The number of benzene rings is 1. The molecule has 1 aromatic carbocycles. The number of para-hydroxylation sites is 1. The number of nitrogens with zero attached hydrogens (tertiary/aromatic N) is 1. The fourth-order valence-electron chi connectivity index (χ4n) is 1.60. The minimum absolute atomic E-state index is 0.0321. The van der Waals surface area contributed by atoms with Crippen molar-refractivity contribution in [3.05, 3.63) is 60.2 Å². The Morgan fingerprint density at radius 1 is 1.26 bits per heavy atom. The fourth-order valence-corrected chi connectivity index (χ4v) is 1.60. The van der Waals surface area contributed by atoms with Crippen molar-refractivity contribution in [3.63, 3.8) is 0 Å². The van der Waals surface area contributed by atoms with E-state index in [1.54, 1.807) is 24.3 Å². The van der Waals surface area contributed by atoms with E-state index in [0.717, 1.165) is 0 Å². The molecule has 0 fully saturated rings. The molecule has 5 heteroatoms. The summed E-state index contributed by atoms with van der Waals surface area (Å²) in [6.45, 7) is -0.173. The summed E-state index contributed by atoms with van der Waals surface area (Å²) in [5, 5.41) is 9.16. The van der Waals surface area contributed by atoms with E-state index in [-0.39, 0.29) is 12.4 Å². The van der Waals surface area contributed by atoms with Crippen LogP contribution in [0.15, 0.2) is 48.7 Å². The van der Waals surface area contributed by atoms with E-state index in [4.69, 9.17) is 9.84 Å². The highest BCUT2D eigenvalue weighted by molar-refractivity contribution is 5.75. The number of aliphatic carboxylic acids is 1. The van der Waals surface area contributed by atoms with Crippen LogP contribution in [0.3, 0.4) is 0 Å². The number of aromatic nitrogens is 1. The number of halogens is 1. The summed E-state index contributed by atoms with van der Waals surface area (Å²) in [5.41, 5.74) is 0.381. The van der Waals surface area contributed by atoms with E-state index >= 15 is 0 Å². The summed E-state index contributed by atoms with van der Waals surface area (Å²) < 4.78 is 18.6. The fraction of sp³-hybridized carbons (Fsp3) is 0.143. The van der Waals surface area contributed by atoms with Gasteiger partial charge in [0.25, 0.3) is 0 Å². The molecule has 4 nitrogen and oxygen atoms in total. The summed E-state index contributed by atoms with van der Waals surface area (Å²) in [4.78, 5) is 15.2. The van der Waals surface area contributed by atoms with Gasteiger partial charge in [-0.1, -0.05) is 18.2 Å². The van der Waals surface area contributed by atoms with Crippen molar-refractivity contribution >= 4 is 5.97 Å². The normalized spacial score (nSPS) is 11.8. The van der Waals surface area contributed by atoms with Gasteiger partial charge in [-0.25, -0.2) is 4.39 Å². The SMILES string of the molecule is O=C(O)C(COc1ccccc1F)c1ccccn1. The second-order valence-corrected chi connectivity index (χ2v) is 3.89. The van der Waals surface area contributed by atoms with Gasteiger partial charge in [0.1, 0.15) is 12.5 Å². The van der Waals surface area contributed by atoms with Gasteiger partial charge in [-0.3, -0.25) is 9.78 Å². The van der Waals surface area contributed by atoms with E-state index in [2.05, 4.69) is 4.98 Å². The molecule has 98 valence electrons. The molecule has 19 heavy (non-hydrogen) atoms. The first-order chi connectivity index (χ1) is 9.18. The number of carboxylic acids is 1. The Morgan fingerprint density at radius 2 is 2.00 bits per heavy atom. The first kappa shape index (κ1) is 13.0. The molecule has 0 aliphatic carbocycles. The lowest BCUT2D eigenvalue weighted by atomic mass is 10.1. The average molecular weight is 261 g/mol. The molecule has 2 aromatic rings. The minimum atomic E-state index is -1.06. The third-order valence-corrected chi connectivity index (χ3v) is 2.59. The van der Waals surface area contributed by atoms with Crippen LogP contribution >= 0.6 is 0 Å². The maximum absolute atomic E-state index is 13.4. The van der Waals surface area contributed by atoms with Gasteiger partial charge in [0, 0.05) is 6.20 Å². The summed E-state index contributed by atoms with van der Waals surface area (Å²) in [5.74, 6) is -2.48. The van der Waals surface area contributed by atoms with E-state index in [9.17, 15) is 9.18 Å². The lowest BCUT2D eigenvalue weighted by molar-refractivity contribution is -0.139. The Bertz CT molecular complexity index is 560. The molecule has 1 aromatic heterocycles. The molecule has 2 rings (SSSR count). The Kier molecular flexibility index (Phi) is 4.07. The van der Waals surface area contributed by atoms with Crippen molar-refractivity contribution < 1.29 is 19.0 Å². The van der Waals surface area contributed by atoms with Gasteiger partial charge in [-0.2, -0.15) is 0 Å². The Morgan fingerprint density at radius 3 is 2.63 bits per heavy atom. The number of hydrogen-bond acceptors (Lipinski definition) is 3.